The average Bonchev–Trinajstić information content (AvgIpc) is 3.51. The van der Waals surface area contributed by atoms with Crippen molar-refractivity contribution in [2.75, 3.05) is 7.11 Å². The van der Waals surface area contributed by atoms with Gasteiger partial charge in [-0.1, -0.05) is 24.3 Å². The number of hydrogen-bond donors (Lipinski definition) is 0. The van der Waals surface area contributed by atoms with E-state index in [2.05, 4.69) is 21.0 Å². The minimum atomic E-state index is -0.460. The maximum absolute atomic E-state index is 12.8. The van der Waals surface area contributed by atoms with Crippen LogP contribution in [0.4, 0.5) is 5.69 Å². The number of nitro benzene ring substituents is 1. The van der Waals surface area contributed by atoms with Crippen LogP contribution < -0.4 is 9.47 Å². The first-order valence-electron chi connectivity index (χ1n) is 10.7. The zero-order valence-electron chi connectivity index (χ0n) is 18.1. The number of hydrazone groups is 1. The number of ether oxygens (including phenoxy) is 2. The van der Waals surface area contributed by atoms with Crippen LogP contribution in [-0.4, -0.2) is 35.1 Å². The van der Waals surface area contributed by atoms with Gasteiger partial charge in [-0.15, -0.1) is 0 Å². The van der Waals surface area contributed by atoms with E-state index >= 15 is 0 Å². The molecule has 1 heterocycles. The fraction of sp³-hybridized carbons (Fsp3) is 0.292. The molecule has 5 rings (SSSR count). The number of nitrogens with zero attached hydrogens (tertiary/aromatic N) is 3. The summed E-state index contributed by atoms with van der Waals surface area (Å²) in [6, 6.07) is 9.59. The Hall–Kier alpha value is -3.53. The molecule has 2 aromatic carbocycles. The summed E-state index contributed by atoms with van der Waals surface area (Å²) in [4.78, 5) is 36.1. The van der Waals surface area contributed by atoms with Gasteiger partial charge in [0.25, 0.3) is 17.5 Å². The molecule has 2 fully saturated rings. The molecule has 2 aliphatic carbocycles. The van der Waals surface area contributed by atoms with Gasteiger partial charge in [-0.2, -0.15) is 10.1 Å². The monoisotopic (exact) mass is 525 g/mol. The van der Waals surface area contributed by atoms with Crippen LogP contribution in [-0.2, 0) is 16.2 Å². The van der Waals surface area contributed by atoms with Crippen LogP contribution in [0.1, 0.15) is 17.5 Å². The molecule has 2 bridgehead atoms. The smallest absolute Gasteiger partial charge is 0.269 e. The number of nitro groups is 1. The van der Waals surface area contributed by atoms with E-state index in [0.29, 0.717) is 27.1 Å². The zero-order valence-corrected chi connectivity index (χ0v) is 19.7. The van der Waals surface area contributed by atoms with Gasteiger partial charge in [0, 0.05) is 12.1 Å². The third-order valence-electron chi connectivity index (χ3n) is 6.53. The summed E-state index contributed by atoms with van der Waals surface area (Å²) in [5.74, 6) is -0.0176. The molecular weight excluding hydrogens is 506 g/mol. The summed E-state index contributed by atoms with van der Waals surface area (Å²) < 4.78 is 11.9. The van der Waals surface area contributed by atoms with Gasteiger partial charge in [0.15, 0.2) is 11.5 Å². The van der Waals surface area contributed by atoms with E-state index in [-0.39, 0.29) is 47.8 Å². The normalized spacial score (nSPS) is 24.8. The van der Waals surface area contributed by atoms with Crippen molar-refractivity contribution in [1.82, 2.24) is 5.01 Å². The number of carbonyl (C=O) groups is 2. The lowest BCUT2D eigenvalue weighted by molar-refractivity contribution is -0.384. The average molecular weight is 526 g/mol. The fourth-order valence-corrected chi connectivity index (χ4v) is 5.57. The first-order chi connectivity index (χ1) is 16.4. The summed E-state index contributed by atoms with van der Waals surface area (Å²) >= 11 is 3.46. The van der Waals surface area contributed by atoms with Gasteiger partial charge in [0.05, 0.1) is 34.6 Å². The number of imide groups is 1. The van der Waals surface area contributed by atoms with Crippen LogP contribution in [0.2, 0.25) is 0 Å². The molecule has 2 amide bonds. The fourth-order valence-electron chi connectivity index (χ4n) is 4.99. The van der Waals surface area contributed by atoms with Crippen molar-refractivity contribution in [2.45, 2.75) is 13.0 Å². The largest absolute Gasteiger partial charge is 0.493 e. The van der Waals surface area contributed by atoms with Crippen molar-refractivity contribution in [1.29, 1.82) is 0 Å². The second-order valence-electron chi connectivity index (χ2n) is 8.48. The standard InChI is InChI=1S/C24H20BrN3O6/c1-33-19-9-14(8-18(25)22(19)34-12-13-3-2-4-17(7-13)28(31)32)11-26-27-23(29)20-15-5-6-16(10-15)21(20)24(27)30/h2-9,11,15-16,20-21H,10,12H2,1H3/t15-,16-,20-,21+/m0/s1. The van der Waals surface area contributed by atoms with E-state index < -0.39 is 4.92 Å². The molecule has 34 heavy (non-hydrogen) atoms. The zero-order chi connectivity index (χ0) is 24.0. The third-order valence-corrected chi connectivity index (χ3v) is 7.11. The lowest BCUT2D eigenvalue weighted by atomic mass is 9.85. The number of hydrogen-bond acceptors (Lipinski definition) is 7. The van der Waals surface area contributed by atoms with E-state index in [1.807, 2.05) is 12.2 Å². The van der Waals surface area contributed by atoms with Gasteiger partial charge in [0.1, 0.15) is 6.61 Å². The number of benzene rings is 2. The van der Waals surface area contributed by atoms with Gasteiger partial charge in [0.2, 0.25) is 0 Å². The Morgan fingerprint density at radius 2 is 1.88 bits per heavy atom. The van der Waals surface area contributed by atoms with E-state index in [1.54, 1.807) is 24.3 Å². The number of rotatable bonds is 7. The maximum Gasteiger partial charge on any atom is 0.269 e. The van der Waals surface area contributed by atoms with Crippen molar-refractivity contribution in [3.63, 3.8) is 0 Å². The molecule has 0 radical (unpaired) electrons. The Bertz CT molecular complexity index is 1230. The van der Waals surface area contributed by atoms with Crippen molar-refractivity contribution >= 4 is 39.6 Å². The molecule has 0 N–H and O–H groups in total. The van der Waals surface area contributed by atoms with Crippen LogP contribution in [0.3, 0.4) is 0 Å². The Morgan fingerprint density at radius 1 is 1.18 bits per heavy atom. The first kappa shape index (κ1) is 22.3. The summed E-state index contributed by atoms with van der Waals surface area (Å²) in [5, 5.41) is 16.2. The Morgan fingerprint density at radius 3 is 2.53 bits per heavy atom. The highest BCUT2D eigenvalue weighted by Crippen LogP contribution is 2.52. The Balaban J connectivity index is 1.32. The van der Waals surface area contributed by atoms with E-state index in [4.69, 9.17) is 9.47 Å². The van der Waals surface area contributed by atoms with Gasteiger partial charge in [-0.25, -0.2) is 0 Å². The molecule has 1 saturated heterocycles. The van der Waals surface area contributed by atoms with Crippen molar-refractivity contribution < 1.29 is 24.0 Å². The SMILES string of the molecule is COc1cc(C=NN2C(=O)[C@@H]3[C@H](C2=O)[C@H]2C=C[C@H]3C2)cc(Br)c1OCc1cccc([N+](=O)[O-])c1. The predicted octanol–water partition coefficient (Wildman–Crippen LogP) is 4.09. The molecule has 1 saturated carbocycles. The first-order valence-corrected chi connectivity index (χ1v) is 11.5. The van der Waals surface area contributed by atoms with Gasteiger partial charge < -0.3 is 9.47 Å². The number of carbonyl (C=O) groups excluding carboxylic acids is 2. The second kappa shape index (κ2) is 8.68. The molecule has 0 spiro atoms. The lowest BCUT2D eigenvalue weighted by Gasteiger charge is -2.14. The number of fused-ring (bicyclic) bond motifs is 5. The lowest BCUT2D eigenvalue weighted by Crippen LogP contribution is -2.28. The molecule has 1 aliphatic heterocycles. The van der Waals surface area contributed by atoms with Crippen LogP contribution in [0.25, 0.3) is 0 Å². The van der Waals surface area contributed by atoms with E-state index in [0.717, 1.165) is 11.4 Å². The molecule has 3 aliphatic rings. The quantitative estimate of drug-likeness (QED) is 0.177. The summed E-state index contributed by atoms with van der Waals surface area (Å²) in [6.45, 7) is 0.0972. The van der Waals surface area contributed by atoms with E-state index in [9.17, 15) is 19.7 Å². The highest BCUT2D eigenvalue weighted by atomic mass is 79.9. The van der Waals surface area contributed by atoms with Crippen molar-refractivity contribution in [3.05, 3.63) is 74.3 Å². The molecule has 9 nitrogen and oxygen atoms in total. The topological polar surface area (TPSA) is 111 Å². The summed E-state index contributed by atoms with van der Waals surface area (Å²) in [7, 11) is 1.49. The number of halogens is 1. The number of non-ortho nitro benzene ring substituents is 1. The maximum atomic E-state index is 12.8. The van der Waals surface area contributed by atoms with E-state index in [1.165, 1.54) is 25.5 Å². The minimum Gasteiger partial charge on any atom is -0.493 e. The Kier molecular flexibility index (Phi) is 5.68. The van der Waals surface area contributed by atoms with Gasteiger partial charge >= 0.3 is 0 Å². The van der Waals surface area contributed by atoms with Crippen LogP contribution in [0.15, 0.2) is 58.1 Å². The molecule has 4 atom stereocenters. The predicted molar refractivity (Wildman–Crippen MR) is 125 cm³/mol. The second-order valence-corrected chi connectivity index (χ2v) is 9.34. The third kappa shape index (κ3) is 3.77. The number of allylic oxidation sites excluding steroid dienone is 2. The minimum absolute atomic E-state index is 0.0161. The van der Waals surface area contributed by atoms with Crippen molar-refractivity contribution in [2.24, 2.45) is 28.8 Å². The molecule has 174 valence electrons. The number of amides is 2. The molecule has 0 unspecified atom stereocenters. The Labute approximate surface area is 203 Å². The van der Waals surface area contributed by atoms with Crippen LogP contribution >= 0.6 is 15.9 Å². The molecular formula is C24H20BrN3O6. The highest BCUT2D eigenvalue weighted by molar-refractivity contribution is 9.10. The molecule has 10 heteroatoms. The molecule has 0 aromatic heterocycles. The van der Waals surface area contributed by atoms with Crippen LogP contribution in [0, 0.1) is 33.8 Å². The highest BCUT2D eigenvalue weighted by Gasteiger charge is 2.59. The summed E-state index contributed by atoms with van der Waals surface area (Å²) in [6.07, 6.45) is 6.40. The summed E-state index contributed by atoms with van der Waals surface area (Å²) in [5.41, 5.74) is 1.22. The van der Waals surface area contributed by atoms with Crippen LogP contribution in [0.5, 0.6) is 11.5 Å². The van der Waals surface area contributed by atoms with Gasteiger partial charge in [-0.3, -0.25) is 19.7 Å². The molecule has 2 aromatic rings. The number of methoxy groups -OCH3 is 1. The van der Waals surface area contributed by atoms with Gasteiger partial charge in [-0.05, 0) is 57.4 Å². The van der Waals surface area contributed by atoms with Crippen molar-refractivity contribution in [3.8, 4) is 11.5 Å².